The lowest BCUT2D eigenvalue weighted by Gasteiger charge is -2.20. The molecule has 0 aromatic carbocycles. The van der Waals surface area contributed by atoms with E-state index in [1.54, 1.807) is 0 Å². The van der Waals surface area contributed by atoms with Gasteiger partial charge in [-0.2, -0.15) is 4.98 Å². The number of nitrogens with zero attached hydrogens (tertiary/aromatic N) is 2. The average molecular weight is 251 g/mol. The minimum atomic E-state index is -0.765. The van der Waals surface area contributed by atoms with Crippen molar-refractivity contribution in [2.75, 3.05) is 13.1 Å². The Morgan fingerprint density at radius 3 is 2.61 bits per heavy atom. The highest BCUT2D eigenvalue weighted by molar-refractivity contribution is 5.16. The summed E-state index contributed by atoms with van der Waals surface area (Å²) in [4.78, 5) is 4.47. The Bertz CT molecular complexity index is 463. The van der Waals surface area contributed by atoms with Crippen molar-refractivity contribution in [2.45, 2.75) is 43.7 Å². The Morgan fingerprint density at radius 2 is 2.00 bits per heavy atom. The van der Waals surface area contributed by atoms with Gasteiger partial charge in [0.1, 0.15) is 6.17 Å². The molecule has 5 atom stereocenters. The summed E-state index contributed by atoms with van der Waals surface area (Å²) in [6, 6.07) is 0. The number of hydrogen-bond donors (Lipinski definition) is 1. The van der Waals surface area contributed by atoms with E-state index in [0.717, 1.165) is 43.6 Å². The molecule has 2 aliphatic carbocycles. The maximum Gasteiger partial charge on any atom is 0.232 e. The van der Waals surface area contributed by atoms with E-state index >= 15 is 0 Å². The van der Waals surface area contributed by atoms with Crippen molar-refractivity contribution in [1.82, 2.24) is 15.5 Å². The van der Waals surface area contributed by atoms with Gasteiger partial charge in [0.2, 0.25) is 5.89 Å². The van der Waals surface area contributed by atoms with Gasteiger partial charge in [-0.1, -0.05) is 12.1 Å². The molecule has 1 aromatic heterocycles. The lowest BCUT2D eigenvalue weighted by atomic mass is 9.86. The van der Waals surface area contributed by atoms with Crippen molar-refractivity contribution < 1.29 is 8.91 Å². The van der Waals surface area contributed by atoms with E-state index in [1.165, 1.54) is 0 Å². The van der Waals surface area contributed by atoms with Crippen molar-refractivity contribution in [2.24, 2.45) is 11.8 Å². The molecule has 4 rings (SSSR count). The Hall–Kier alpha value is -0.970. The SMILES string of the molecule is CC1(c2noc([C@@H]3C[C@@H]3F)n2)C[C@H]2CNC[C@H]2C1. The summed E-state index contributed by atoms with van der Waals surface area (Å²) < 4.78 is 18.2. The van der Waals surface area contributed by atoms with Gasteiger partial charge >= 0.3 is 0 Å². The first-order valence-electron chi connectivity index (χ1n) is 6.84. The van der Waals surface area contributed by atoms with Crippen LogP contribution in [0.2, 0.25) is 0 Å². The molecule has 2 saturated carbocycles. The zero-order chi connectivity index (χ0) is 12.3. The molecule has 4 nitrogen and oxygen atoms in total. The van der Waals surface area contributed by atoms with E-state index in [0.29, 0.717) is 12.3 Å². The highest BCUT2D eigenvalue weighted by Crippen LogP contribution is 2.49. The summed E-state index contributed by atoms with van der Waals surface area (Å²) in [7, 11) is 0. The predicted octanol–water partition coefficient (Wildman–Crippen LogP) is 1.78. The molecule has 3 aliphatic rings. The minimum absolute atomic E-state index is 0.0277. The molecule has 1 unspecified atom stereocenters. The lowest BCUT2D eigenvalue weighted by molar-refractivity contribution is 0.340. The molecule has 18 heavy (non-hydrogen) atoms. The summed E-state index contributed by atoms with van der Waals surface area (Å²) in [6.07, 6.45) is 2.02. The number of halogens is 1. The van der Waals surface area contributed by atoms with E-state index in [-0.39, 0.29) is 11.3 Å². The molecule has 1 aliphatic heterocycles. The molecule has 1 N–H and O–H groups in total. The van der Waals surface area contributed by atoms with E-state index in [9.17, 15) is 4.39 Å². The number of alkyl halides is 1. The fourth-order valence-electron chi connectivity index (χ4n) is 3.74. The van der Waals surface area contributed by atoms with Crippen molar-refractivity contribution >= 4 is 0 Å². The van der Waals surface area contributed by atoms with Crippen molar-refractivity contribution in [3.05, 3.63) is 11.7 Å². The van der Waals surface area contributed by atoms with Gasteiger partial charge in [0, 0.05) is 5.41 Å². The Labute approximate surface area is 105 Å². The fourth-order valence-corrected chi connectivity index (χ4v) is 3.74. The topological polar surface area (TPSA) is 51.0 Å². The quantitative estimate of drug-likeness (QED) is 0.870. The zero-order valence-corrected chi connectivity index (χ0v) is 10.5. The van der Waals surface area contributed by atoms with Crippen molar-refractivity contribution in [3.8, 4) is 0 Å². The first kappa shape index (κ1) is 10.9. The lowest BCUT2D eigenvalue weighted by Crippen LogP contribution is -2.24. The number of fused-ring (bicyclic) bond motifs is 1. The summed E-state index contributed by atoms with van der Waals surface area (Å²) in [5.41, 5.74) is 0.0277. The Kier molecular flexibility index (Phi) is 2.14. The molecule has 5 heteroatoms. The van der Waals surface area contributed by atoms with Gasteiger partial charge in [-0.15, -0.1) is 0 Å². The highest BCUT2D eigenvalue weighted by Gasteiger charge is 2.49. The summed E-state index contributed by atoms with van der Waals surface area (Å²) >= 11 is 0. The maximum atomic E-state index is 13.0. The molecule has 98 valence electrons. The van der Waals surface area contributed by atoms with Crippen molar-refractivity contribution in [1.29, 1.82) is 0 Å². The molecule has 2 heterocycles. The third-order valence-electron chi connectivity index (χ3n) is 4.92. The van der Waals surface area contributed by atoms with Gasteiger partial charge in [0.25, 0.3) is 0 Å². The van der Waals surface area contributed by atoms with Crippen LogP contribution in [0.25, 0.3) is 0 Å². The van der Waals surface area contributed by atoms with E-state index in [4.69, 9.17) is 4.52 Å². The summed E-state index contributed by atoms with van der Waals surface area (Å²) in [5.74, 6) is 2.66. The normalized spacial score (nSPS) is 46.3. The molecule has 3 fully saturated rings. The van der Waals surface area contributed by atoms with Crippen LogP contribution in [0.3, 0.4) is 0 Å². The third kappa shape index (κ3) is 1.53. The van der Waals surface area contributed by atoms with Crippen LogP contribution in [0.1, 0.15) is 43.8 Å². The molecule has 1 saturated heterocycles. The summed E-state index contributed by atoms with van der Waals surface area (Å²) in [5, 5.41) is 7.56. The number of hydrogen-bond acceptors (Lipinski definition) is 4. The average Bonchev–Trinajstić information content (AvgIpc) is 2.77. The summed E-state index contributed by atoms with van der Waals surface area (Å²) in [6.45, 7) is 4.44. The van der Waals surface area contributed by atoms with Gasteiger partial charge in [-0.05, 0) is 44.2 Å². The van der Waals surface area contributed by atoms with E-state index < -0.39 is 6.17 Å². The first-order chi connectivity index (χ1) is 8.66. The van der Waals surface area contributed by atoms with Gasteiger partial charge in [-0.3, -0.25) is 0 Å². The standard InChI is InChI=1S/C13H18FN3O/c1-13(3-7-5-15-6-8(7)4-13)12-16-11(18-17-12)9-2-10(9)14/h7-10,15H,2-6H2,1H3/t7-,8+,9-,10+,13?/m1/s1. The molecule has 0 amide bonds. The van der Waals surface area contributed by atoms with Crippen LogP contribution < -0.4 is 5.32 Å². The van der Waals surface area contributed by atoms with Gasteiger partial charge in [-0.25, -0.2) is 4.39 Å². The minimum Gasteiger partial charge on any atom is -0.339 e. The second kappa shape index (κ2) is 3.53. The zero-order valence-electron chi connectivity index (χ0n) is 10.5. The van der Waals surface area contributed by atoms with E-state index in [1.807, 2.05) is 0 Å². The first-order valence-corrected chi connectivity index (χ1v) is 6.84. The number of rotatable bonds is 2. The number of aromatic nitrogens is 2. The highest BCUT2D eigenvalue weighted by atomic mass is 19.1. The van der Waals surface area contributed by atoms with Gasteiger partial charge in [0.05, 0.1) is 5.92 Å². The van der Waals surface area contributed by atoms with Crippen LogP contribution in [0.15, 0.2) is 4.52 Å². The van der Waals surface area contributed by atoms with Crippen LogP contribution in [-0.2, 0) is 5.41 Å². The second-order valence-corrected chi connectivity index (χ2v) is 6.46. The monoisotopic (exact) mass is 251 g/mol. The maximum absolute atomic E-state index is 13.0. The predicted molar refractivity (Wildman–Crippen MR) is 63.0 cm³/mol. The van der Waals surface area contributed by atoms with E-state index in [2.05, 4.69) is 22.4 Å². The fraction of sp³-hybridized carbons (Fsp3) is 0.846. The van der Waals surface area contributed by atoms with Gasteiger partial charge < -0.3 is 9.84 Å². The van der Waals surface area contributed by atoms with Crippen LogP contribution in [0.4, 0.5) is 4.39 Å². The molecule has 1 aromatic rings. The number of nitrogens with one attached hydrogen (secondary N) is 1. The molecule has 0 bridgehead atoms. The Balaban J connectivity index is 1.57. The third-order valence-corrected chi connectivity index (χ3v) is 4.92. The second-order valence-electron chi connectivity index (χ2n) is 6.46. The smallest absolute Gasteiger partial charge is 0.232 e. The van der Waals surface area contributed by atoms with Crippen LogP contribution in [0.5, 0.6) is 0 Å². The van der Waals surface area contributed by atoms with Crippen molar-refractivity contribution in [3.63, 3.8) is 0 Å². The molecule has 0 spiro atoms. The molecule has 0 radical (unpaired) electrons. The van der Waals surface area contributed by atoms with Gasteiger partial charge in [0.15, 0.2) is 5.82 Å². The Morgan fingerprint density at radius 1 is 1.33 bits per heavy atom. The molecular weight excluding hydrogens is 233 g/mol. The van der Waals surface area contributed by atoms with Crippen LogP contribution >= 0.6 is 0 Å². The largest absolute Gasteiger partial charge is 0.339 e. The van der Waals surface area contributed by atoms with Crippen LogP contribution in [-0.4, -0.2) is 29.4 Å². The molecular formula is C13H18FN3O. The van der Waals surface area contributed by atoms with Crippen LogP contribution in [0, 0.1) is 11.8 Å².